The van der Waals surface area contributed by atoms with Crippen molar-refractivity contribution in [1.29, 1.82) is 0 Å². The monoisotopic (exact) mass is 221 g/mol. The molecular formula is C12H19N3O. The number of carbonyl (C=O) groups is 1. The molecule has 4 heteroatoms. The van der Waals surface area contributed by atoms with E-state index < -0.39 is 11.9 Å². The van der Waals surface area contributed by atoms with Gasteiger partial charge in [-0.15, -0.1) is 0 Å². The van der Waals surface area contributed by atoms with E-state index in [9.17, 15) is 4.79 Å². The van der Waals surface area contributed by atoms with Crippen LogP contribution in [0.4, 0.5) is 0 Å². The first-order valence-corrected chi connectivity index (χ1v) is 5.02. The Bertz CT molecular complexity index is 362. The molecule has 0 rings (SSSR count). The highest BCUT2D eigenvalue weighted by atomic mass is 16.1. The molecular weight excluding hydrogens is 202 g/mol. The molecule has 0 radical (unpaired) electrons. The first kappa shape index (κ1) is 14.3. The van der Waals surface area contributed by atoms with Gasteiger partial charge in [0.05, 0.1) is 6.04 Å². The molecule has 0 heterocycles. The van der Waals surface area contributed by atoms with Gasteiger partial charge in [-0.05, 0) is 26.8 Å². The molecule has 0 aromatic rings. The Labute approximate surface area is 96.4 Å². The van der Waals surface area contributed by atoms with Gasteiger partial charge in [-0.2, -0.15) is 4.99 Å². The van der Waals surface area contributed by atoms with E-state index in [0.29, 0.717) is 5.57 Å². The molecule has 16 heavy (non-hydrogen) atoms. The minimum atomic E-state index is -0.643. The van der Waals surface area contributed by atoms with Crippen LogP contribution < -0.4 is 11.5 Å². The lowest BCUT2D eigenvalue weighted by atomic mass is 10.1. The van der Waals surface area contributed by atoms with Crippen LogP contribution in [0, 0.1) is 0 Å². The molecule has 0 aliphatic carbocycles. The Morgan fingerprint density at radius 3 is 2.44 bits per heavy atom. The summed E-state index contributed by atoms with van der Waals surface area (Å²) >= 11 is 0. The van der Waals surface area contributed by atoms with Crippen molar-refractivity contribution >= 4 is 11.7 Å². The highest BCUT2D eigenvalue weighted by Gasteiger charge is 2.07. The number of amides is 1. The van der Waals surface area contributed by atoms with E-state index in [1.807, 2.05) is 19.9 Å². The average Bonchev–Trinajstić information content (AvgIpc) is 2.16. The number of nitrogens with zero attached hydrogens (tertiary/aromatic N) is 1. The number of rotatable bonds is 4. The zero-order valence-electron chi connectivity index (χ0n) is 10.0. The molecule has 0 spiro atoms. The summed E-state index contributed by atoms with van der Waals surface area (Å²) < 4.78 is 0. The lowest BCUT2D eigenvalue weighted by Crippen LogP contribution is -2.28. The Hall–Kier alpha value is -1.68. The van der Waals surface area contributed by atoms with Crippen molar-refractivity contribution in [3.63, 3.8) is 0 Å². The first-order chi connectivity index (χ1) is 7.38. The van der Waals surface area contributed by atoms with Crippen molar-refractivity contribution in [1.82, 2.24) is 0 Å². The molecule has 4 nitrogen and oxygen atoms in total. The van der Waals surface area contributed by atoms with E-state index in [-0.39, 0.29) is 5.84 Å². The molecule has 0 aromatic carbocycles. The van der Waals surface area contributed by atoms with Crippen molar-refractivity contribution in [2.24, 2.45) is 16.5 Å². The molecule has 0 saturated heterocycles. The third-order valence-corrected chi connectivity index (χ3v) is 1.66. The lowest BCUT2D eigenvalue weighted by Gasteiger charge is -2.03. The number of amidine groups is 1. The van der Waals surface area contributed by atoms with Crippen LogP contribution in [0.3, 0.4) is 0 Å². The van der Waals surface area contributed by atoms with Crippen LogP contribution in [-0.2, 0) is 4.79 Å². The van der Waals surface area contributed by atoms with Gasteiger partial charge >= 0.3 is 0 Å². The fraction of sp³-hybridized carbons (Fsp3) is 0.333. The minimum Gasteiger partial charge on any atom is -0.383 e. The zero-order valence-corrected chi connectivity index (χ0v) is 10.0. The molecule has 0 aliphatic heterocycles. The Morgan fingerprint density at radius 2 is 2.06 bits per heavy atom. The van der Waals surface area contributed by atoms with Crippen LogP contribution >= 0.6 is 0 Å². The molecule has 4 N–H and O–H groups in total. The Morgan fingerprint density at radius 1 is 1.50 bits per heavy atom. The molecule has 0 saturated carbocycles. The highest BCUT2D eigenvalue weighted by molar-refractivity contribution is 6.06. The van der Waals surface area contributed by atoms with E-state index >= 15 is 0 Å². The third-order valence-electron chi connectivity index (χ3n) is 1.66. The maximum atomic E-state index is 11.3. The van der Waals surface area contributed by atoms with Gasteiger partial charge in [-0.1, -0.05) is 24.3 Å². The normalized spacial score (nSPS) is 15.2. The predicted octanol–water partition coefficient (Wildman–Crippen LogP) is 1.30. The van der Waals surface area contributed by atoms with E-state index in [1.54, 1.807) is 19.1 Å². The summed E-state index contributed by atoms with van der Waals surface area (Å²) in [6.07, 6.45) is 5.34. The second kappa shape index (κ2) is 6.74. The van der Waals surface area contributed by atoms with E-state index in [0.717, 1.165) is 5.57 Å². The van der Waals surface area contributed by atoms with Gasteiger partial charge in [0, 0.05) is 5.57 Å². The molecule has 1 unspecified atom stereocenters. The Kier molecular flexibility index (Phi) is 6.03. The summed E-state index contributed by atoms with van der Waals surface area (Å²) in [5.74, 6) is -0.280. The van der Waals surface area contributed by atoms with Crippen LogP contribution in [0.1, 0.15) is 20.8 Å². The van der Waals surface area contributed by atoms with E-state index in [1.165, 1.54) is 0 Å². The summed E-state index contributed by atoms with van der Waals surface area (Å²) in [5, 5.41) is 0. The summed E-state index contributed by atoms with van der Waals surface area (Å²) in [4.78, 5) is 15.0. The number of nitrogens with two attached hydrogens (primary N) is 2. The summed E-state index contributed by atoms with van der Waals surface area (Å²) in [5.41, 5.74) is 12.6. The number of hydrogen-bond donors (Lipinski definition) is 2. The van der Waals surface area contributed by atoms with Crippen molar-refractivity contribution in [3.05, 3.63) is 36.0 Å². The van der Waals surface area contributed by atoms with Crippen molar-refractivity contribution < 1.29 is 4.79 Å². The lowest BCUT2D eigenvalue weighted by molar-refractivity contribution is -0.118. The molecule has 0 bridgehead atoms. The second-order valence-corrected chi connectivity index (χ2v) is 3.57. The second-order valence-electron chi connectivity index (χ2n) is 3.57. The molecule has 0 aliphatic rings. The van der Waals surface area contributed by atoms with Crippen LogP contribution in [0.15, 0.2) is 40.9 Å². The summed E-state index contributed by atoms with van der Waals surface area (Å²) in [7, 11) is 0. The number of hydrogen-bond acceptors (Lipinski definition) is 2. The van der Waals surface area contributed by atoms with Crippen molar-refractivity contribution in [3.8, 4) is 0 Å². The fourth-order valence-corrected chi connectivity index (χ4v) is 0.938. The highest BCUT2D eigenvalue weighted by Crippen LogP contribution is 2.03. The van der Waals surface area contributed by atoms with Crippen molar-refractivity contribution in [2.75, 3.05) is 0 Å². The van der Waals surface area contributed by atoms with Crippen LogP contribution in [0.5, 0.6) is 0 Å². The minimum absolute atomic E-state index is 0.156. The SMILES string of the molecule is C=C(C)/C=C(\C=C/C)C(N)=NC(=O)C(C)N. The largest absolute Gasteiger partial charge is 0.383 e. The summed E-state index contributed by atoms with van der Waals surface area (Å²) in [6, 6.07) is -0.643. The van der Waals surface area contributed by atoms with E-state index in [4.69, 9.17) is 11.5 Å². The van der Waals surface area contributed by atoms with Gasteiger partial charge in [0.1, 0.15) is 5.84 Å². The van der Waals surface area contributed by atoms with Crippen molar-refractivity contribution in [2.45, 2.75) is 26.8 Å². The number of allylic oxidation sites excluding steroid dienone is 3. The first-order valence-electron chi connectivity index (χ1n) is 5.02. The molecule has 1 atom stereocenters. The number of carbonyl (C=O) groups excluding carboxylic acids is 1. The average molecular weight is 221 g/mol. The standard InChI is InChI=1S/C12H19N3O/c1-5-6-10(7-8(2)3)11(14)15-12(16)9(4)13/h5-7,9H,2,13H2,1,3-4H3,(H2,14,15,16)/b6-5-,10-7+. The van der Waals surface area contributed by atoms with Gasteiger partial charge in [0.2, 0.25) is 0 Å². The van der Waals surface area contributed by atoms with E-state index in [2.05, 4.69) is 11.6 Å². The fourth-order valence-electron chi connectivity index (χ4n) is 0.938. The van der Waals surface area contributed by atoms with Gasteiger partial charge < -0.3 is 11.5 Å². The smallest absolute Gasteiger partial charge is 0.264 e. The predicted molar refractivity (Wildman–Crippen MR) is 68.0 cm³/mol. The third kappa shape index (κ3) is 5.26. The number of aliphatic imine (C=N–C) groups is 1. The molecule has 0 aromatic heterocycles. The van der Waals surface area contributed by atoms with Crippen LogP contribution in [-0.4, -0.2) is 17.8 Å². The van der Waals surface area contributed by atoms with Gasteiger partial charge in [-0.3, -0.25) is 4.79 Å². The maximum Gasteiger partial charge on any atom is 0.264 e. The Balaban J connectivity index is 5.10. The molecule has 1 amide bonds. The molecule has 0 fully saturated rings. The van der Waals surface area contributed by atoms with Crippen LogP contribution in [0.2, 0.25) is 0 Å². The quantitative estimate of drug-likeness (QED) is 0.426. The van der Waals surface area contributed by atoms with Crippen LogP contribution in [0.25, 0.3) is 0 Å². The summed E-state index contributed by atoms with van der Waals surface area (Å²) in [6.45, 7) is 9.00. The molecule has 88 valence electrons. The maximum absolute atomic E-state index is 11.3. The van der Waals surface area contributed by atoms with Gasteiger partial charge in [-0.25, -0.2) is 0 Å². The topological polar surface area (TPSA) is 81.5 Å². The van der Waals surface area contributed by atoms with Gasteiger partial charge in [0.15, 0.2) is 0 Å². The zero-order chi connectivity index (χ0) is 12.7. The van der Waals surface area contributed by atoms with Gasteiger partial charge in [0.25, 0.3) is 5.91 Å².